The minimum atomic E-state index is -0.223. The maximum Gasteiger partial charge on any atom is 0.255 e. The van der Waals surface area contributed by atoms with Gasteiger partial charge in [0.1, 0.15) is 13.2 Å². The summed E-state index contributed by atoms with van der Waals surface area (Å²) >= 11 is 6.22. The summed E-state index contributed by atoms with van der Waals surface area (Å²) < 4.78 is 11.3. The number of hydrogen-bond donors (Lipinski definition) is 1. The van der Waals surface area contributed by atoms with Crippen molar-refractivity contribution >= 4 is 23.4 Å². The molecule has 178 valence electrons. The second-order valence-electron chi connectivity index (χ2n) is 9.26. The Hall–Kier alpha value is -3.51. The Labute approximate surface area is 208 Å². The molecule has 0 bridgehead atoms. The monoisotopic (exact) mass is 488 g/mol. The van der Waals surface area contributed by atoms with Crippen molar-refractivity contribution < 1.29 is 19.1 Å². The summed E-state index contributed by atoms with van der Waals surface area (Å²) in [6.07, 6.45) is 1.91. The lowest BCUT2D eigenvalue weighted by atomic mass is 9.98. The van der Waals surface area contributed by atoms with E-state index in [1.807, 2.05) is 53.4 Å². The van der Waals surface area contributed by atoms with E-state index in [0.29, 0.717) is 53.3 Å². The molecule has 6 rings (SSSR count). The van der Waals surface area contributed by atoms with Gasteiger partial charge in [0.05, 0.1) is 11.6 Å². The van der Waals surface area contributed by atoms with Crippen molar-refractivity contribution in [3.05, 3.63) is 82.9 Å². The van der Waals surface area contributed by atoms with E-state index >= 15 is 0 Å². The zero-order valence-electron chi connectivity index (χ0n) is 19.1. The third kappa shape index (κ3) is 4.12. The quantitative estimate of drug-likeness (QED) is 0.559. The Balaban J connectivity index is 1.22. The number of hydrogen-bond acceptors (Lipinski definition) is 4. The first kappa shape index (κ1) is 22.0. The number of amides is 2. The van der Waals surface area contributed by atoms with Crippen LogP contribution in [0.15, 0.2) is 66.7 Å². The van der Waals surface area contributed by atoms with Gasteiger partial charge in [0.15, 0.2) is 11.5 Å². The molecule has 0 spiro atoms. The van der Waals surface area contributed by atoms with Crippen LogP contribution < -0.4 is 14.8 Å². The largest absolute Gasteiger partial charge is 0.486 e. The van der Waals surface area contributed by atoms with E-state index in [4.69, 9.17) is 21.1 Å². The number of rotatable bonds is 5. The van der Waals surface area contributed by atoms with Crippen molar-refractivity contribution in [1.82, 2.24) is 10.2 Å². The van der Waals surface area contributed by atoms with Gasteiger partial charge >= 0.3 is 0 Å². The molecule has 7 heteroatoms. The van der Waals surface area contributed by atoms with Crippen molar-refractivity contribution in [3.8, 4) is 22.6 Å². The molecule has 3 atom stereocenters. The van der Waals surface area contributed by atoms with Crippen molar-refractivity contribution in [3.63, 3.8) is 0 Å². The van der Waals surface area contributed by atoms with E-state index in [-0.39, 0.29) is 23.9 Å². The predicted molar refractivity (Wildman–Crippen MR) is 133 cm³/mol. The zero-order valence-corrected chi connectivity index (χ0v) is 19.8. The van der Waals surface area contributed by atoms with Gasteiger partial charge in [-0.1, -0.05) is 48.0 Å². The smallest absolute Gasteiger partial charge is 0.255 e. The first-order valence-corrected chi connectivity index (χ1v) is 12.3. The average molecular weight is 489 g/mol. The molecule has 2 fully saturated rings. The summed E-state index contributed by atoms with van der Waals surface area (Å²) in [6.45, 7) is 1.27. The van der Waals surface area contributed by atoms with Crippen LogP contribution >= 0.6 is 11.6 Å². The molecule has 3 aliphatic rings. The number of nitrogens with zero attached hydrogens (tertiary/aromatic N) is 1. The lowest BCUT2D eigenvalue weighted by Gasteiger charge is -2.29. The van der Waals surface area contributed by atoms with Gasteiger partial charge < -0.3 is 19.7 Å². The second-order valence-corrected chi connectivity index (χ2v) is 9.70. The van der Waals surface area contributed by atoms with Gasteiger partial charge in [-0.25, -0.2) is 0 Å². The molecular formula is C28H25ClN2O4. The molecule has 3 aromatic rings. The number of benzene rings is 3. The molecule has 2 aliphatic heterocycles. The number of fused-ring (bicyclic) bond motifs is 2. The fourth-order valence-corrected chi connectivity index (χ4v) is 5.52. The standard InChI is InChI=1S/C28H25ClN2O4/c29-19-6-3-5-17(13-19)21-7-1-2-8-22(21)28(33)31-20(14-18-15-24(18)31)16-30-27(32)23-9-4-10-25-26(23)35-12-11-34-25/h1-10,13,18,20,24H,11-12,14-16H2,(H,30,32)/t18-,20+,24+/m1/s1. The summed E-state index contributed by atoms with van der Waals surface area (Å²) in [6, 6.07) is 20.7. The van der Waals surface area contributed by atoms with E-state index in [9.17, 15) is 9.59 Å². The Morgan fingerprint density at radius 3 is 2.63 bits per heavy atom. The van der Waals surface area contributed by atoms with E-state index in [1.54, 1.807) is 18.2 Å². The molecule has 1 saturated carbocycles. The van der Waals surface area contributed by atoms with Crippen LogP contribution in [-0.4, -0.2) is 48.6 Å². The first-order valence-electron chi connectivity index (χ1n) is 11.9. The number of carbonyl (C=O) groups excluding carboxylic acids is 2. The summed E-state index contributed by atoms with van der Waals surface area (Å²) in [7, 11) is 0. The third-order valence-corrected chi connectivity index (χ3v) is 7.28. The van der Waals surface area contributed by atoms with Gasteiger partial charge in [0.2, 0.25) is 0 Å². The predicted octanol–water partition coefficient (Wildman–Crippen LogP) is 4.81. The molecule has 1 N–H and O–H groups in total. The lowest BCUT2D eigenvalue weighted by Crippen LogP contribution is -2.45. The van der Waals surface area contributed by atoms with Gasteiger partial charge in [0, 0.05) is 23.2 Å². The van der Waals surface area contributed by atoms with Gasteiger partial charge in [-0.15, -0.1) is 0 Å². The van der Waals surface area contributed by atoms with Crippen molar-refractivity contribution in [2.45, 2.75) is 24.9 Å². The normalized spacial score (nSPS) is 21.9. The topological polar surface area (TPSA) is 67.9 Å². The minimum Gasteiger partial charge on any atom is -0.486 e. The Kier molecular flexibility index (Phi) is 5.61. The Morgan fingerprint density at radius 2 is 1.74 bits per heavy atom. The lowest BCUT2D eigenvalue weighted by molar-refractivity contribution is 0.0689. The van der Waals surface area contributed by atoms with Crippen molar-refractivity contribution in [2.75, 3.05) is 19.8 Å². The summed E-state index contributed by atoms with van der Waals surface area (Å²) in [4.78, 5) is 28.8. The number of piperidine rings is 1. The second kappa shape index (κ2) is 8.93. The zero-order chi connectivity index (χ0) is 23.9. The fraction of sp³-hybridized carbons (Fsp3) is 0.286. The van der Waals surface area contributed by atoms with Crippen LogP contribution in [0.1, 0.15) is 33.6 Å². The summed E-state index contributed by atoms with van der Waals surface area (Å²) in [5.41, 5.74) is 2.88. The van der Waals surface area contributed by atoms with Crippen LogP contribution in [0.3, 0.4) is 0 Å². The highest BCUT2D eigenvalue weighted by Gasteiger charge is 2.54. The van der Waals surface area contributed by atoms with Crippen LogP contribution in [0, 0.1) is 5.92 Å². The third-order valence-electron chi connectivity index (χ3n) is 7.05. The number of carbonyl (C=O) groups is 2. The molecule has 0 unspecified atom stereocenters. The van der Waals surface area contributed by atoms with Crippen LogP contribution in [0.5, 0.6) is 11.5 Å². The molecule has 1 saturated heterocycles. The Bertz CT molecular complexity index is 1310. The molecule has 1 aliphatic carbocycles. The van der Waals surface area contributed by atoms with Gasteiger partial charge in [-0.05, 0) is 60.2 Å². The Morgan fingerprint density at radius 1 is 0.943 bits per heavy atom. The highest BCUT2D eigenvalue weighted by atomic mass is 35.5. The van der Waals surface area contributed by atoms with E-state index in [0.717, 1.165) is 24.0 Å². The van der Waals surface area contributed by atoms with Gasteiger partial charge in [-0.2, -0.15) is 0 Å². The number of halogens is 1. The number of nitrogens with one attached hydrogen (secondary N) is 1. The molecule has 0 aromatic heterocycles. The molecule has 0 radical (unpaired) electrons. The maximum absolute atomic E-state index is 13.8. The minimum absolute atomic E-state index is 0.00125. The van der Waals surface area contributed by atoms with E-state index < -0.39 is 0 Å². The SMILES string of the molecule is O=C(NC[C@@H]1C[C@@H]2C[C@@H]2N1C(=O)c1ccccc1-c1cccc(Cl)c1)c1cccc2c1OCCO2. The molecule has 35 heavy (non-hydrogen) atoms. The first-order chi connectivity index (χ1) is 17.1. The molecule has 3 aromatic carbocycles. The number of para-hydroxylation sites is 1. The van der Waals surface area contributed by atoms with Crippen molar-refractivity contribution in [2.24, 2.45) is 5.92 Å². The van der Waals surface area contributed by atoms with Crippen LogP contribution in [0.4, 0.5) is 0 Å². The molecular weight excluding hydrogens is 464 g/mol. The van der Waals surface area contributed by atoms with Crippen molar-refractivity contribution in [1.29, 1.82) is 0 Å². The van der Waals surface area contributed by atoms with Gasteiger partial charge in [0.25, 0.3) is 11.8 Å². The van der Waals surface area contributed by atoms with E-state index in [2.05, 4.69) is 5.32 Å². The summed E-state index contributed by atoms with van der Waals surface area (Å²) in [5.74, 6) is 1.34. The summed E-state index contributed by atoms with van der Waals surface area (Å²) in [5, 5.41) is 3.67. The molecule has 6 nitrogen and oxygen atoms in total. The molecule has 2 heterocycles. The highest BCUT2D eigenvalue weighted by molar-refractivity contribution is 6.30. The maximum atomic E-state index is 13.8. The number of ether oxygens (including phenoxy) is 2. The van der Waals surface area contributed by atoms with Crippen LogP contribution in [-0.2, 0) is 0 Å². The average Bonchev–Trinajstić information content (AvgIpc) is 3.56. The number of likely N-dealkylation sites (tertiary alicyclic amines) is 1. The van der Waals surface area contributed by atoms with Crippen LogP contribution in [0.2, 0.25) is 5.02 Å². The highest BCUT2D eigenvalue weighted by Crippen LogP contribution is 2.48. The van der Waals surface area contributed by atoms with Crippen LogP contribution in [0.25, 0.3) is 11.1 Å². The van der Waals surface area contributed by atoms with Gasteiger partial charge in [-0.3, -0.25) is 9.59 Å². The van der Waals surface area contributed by atoms with E-state index in [1.165, 1.54) is 0 Å². The fourth-order valence-electron chi connectivity index (χ4n) is 5.33. The molecule has 2 amide bonds.